The highest BCUT2D eigenvalue weighted by atomic mass is 79.9. The van der Waals surface area contributed by atoms with E-state index in [4.69, 9.17) is 4.74 Å². The van der Waals surface area contributed by atoms with Crippen LogP contribution in [0.2, 0.25) is 0 Å². The third kappa shape index (κ3) is 3.80. The first-order chi connectivity index (χ1) is 12.0. The van der Waals surface area contributed by atoms with Gasteiger partial charge in [0.2, 0.25) is 0 Å². The maximum Gasteiger partial charge on any atom is 0.327 e. The van der Waals surface area contributed by atoms with Gasteiger partial charge in [0, 0.05) is 12.8 Å². The third-order valence-corrected chi connectivity index (χ3v) is 6.84. The molecule has 0 fully saturated rings. The first-order valence-electron chi connectivity index (χ1n) is 7.72. The largest absolute Gasteiger partial charge is 0.465 e. The van der Waals surface area contributed by atoms with E-state index in [1.54, 1.807) is 6.92 Å². The molecule has 2 rings (SSSR count). The molecule has 10 heteroatoms. The molecule has 2 aromatic rings. The number of carbonyl (C=O) groups excluding carboxylic acids is 1. The number of fused-ring (bicyclic) bond motifs is 1. The third-order valence-electron chi connectivity index (χ3n) is 4.22. The molecule has 0 saturated carbocycles. The Labute approximate surface area is 158 Å². The maximum atomic E-state index is 13.7. The van der Waals surface area contributed by atoms with E-state index in [1.807, 2.05) is 0 Å². The Kier molecular flexibility index (Phi) is 5.86. The number of hydrogen-bond acceptors (Lipinski definition) is 6. The zero-order valence-corrected chi connectivity index (χ0v) is 16.9. The van der Waals surface area contributed by atoms with Crippen molar-refractivity contribution in [2.24, 2.45) is 0 Å². The molecule has 1 aromatic carbocycles. The molecule has 0 aliphatic carbocycles. The van der Waals surface area contributed by atoms with Gasteiger partial charge < -0.3 is 4.74 Å². The van der Waals surface area contributed by atoms with Crippen LogP contribution < -0.4 is 5.56 Å². The van der Waals surface area contributed by atoms with Crippen molar-refractivity contribution in [1.29, 1.82) is 0 Å². The van der Waals surface area contributed by atoms with Gasteiger partial charge in [-0.3, -0.25) is 14.2 Å². The molecule has 0 spiro atoms. The van der Waals surface area contributed by atoms with Crippen molar-refractivity contribution >= 4 is 42.6 Å². The average Bonchev–Trinajstić information content (AvgIpc) is 2.55. The van der Waals surface area contributed by atoms with Gasteiger partial charge in [0.05, 0.1) is 28.3 Å². The summed E-state index contributed by atoms with van der Waals surface area (Å²) < 4.78 is 42.3. The molecule has 0 radical (unpaired) electrons. The Morgan fingerprint density at radius 2 is 2.08 bits per heavy atom. The van der Waals surface area contributed by atoms with Crippen molar-refractivity contribution in [2.75, 3.05) is 12.9 Å². The molecule has 0 unspecified atom stereocenters. The van der Waals surface area contributed by atoms with Gasteiger partial charge >= 0.3 is 5.97 Å². The Morgan fingerprint density at radius 1 is 1.42 bits per heavy atom. The molecule has 0 saturated heterocycles. The van der Waals surface area contributed by atoms with Crippen molar-refractivity contribution in [3.63, 3.8) is 0 Å². The number of benzene rings is 1. The second-order valence-electron chi connectivity index (χ2n) is 6.00. The van der Waals surface area contributed by atoms with Crippen molar-refractivity contribution in [1.82, 2.24) is 9.55 Å². The Hall–Kier alpha value is -1.81. The van der Waals surface area contributed by atoms with Crippen LogP contribution in [0.4, 0.5) is 4.39 Å². The Morgan fingerprint density at radius 3 is 2.65 bits per heavy atom. The number of rotatable bonds is 6. The van der Waals surface area contributed by atoms with Gasteiger partial charge in [0.15, 0.2) is 14.6 Å². The topological polar surface area (TPSA) is 95.3 Å². The fraction of sp³-hybridized carbons (Fsp3) is 0.438. The van der Waals surface area contributed by atoms with E-state index >= 15 is 0 Å². The average molecular weight is 449 g/mol. The number of aromatic nitrogens is 2. The van der Waals surface area contributed by atoms with Gasteiger partial charge in [-0.2, -0.15) is 0 Å². The fourth-order valence-corrected chi connectivity index (χ4v) is 3.52. The van der Waals surface area contributed by atoms with Gasteiger partial charge in [-0.25, -0.2) is 17.8 Å². The lowest BCUT2D eigenvalue weighted by molar-refractivity contribution is -0.146. The van der Waals surface area contributed by atoms with Gasteiger partial charge in [0.1, 0.15) is 5.82 Å². The molecule has 7 nitrogen and oxygen atoms in total. The molecular formula is C16H18BrFN2O5S. The highest BCUT2D eigenvalue weighted by Crippen LogP contribution is 2.24. The molecular weight excluding hydrogens is 431 g/mol. The second kappa shape index (κ2) is 7.43. The summed E-state index contributed by atoms with van der Waals surface area (Å²) in [7, 11) is -3.80. The SMILES string of the molecule is CCOC(=O)[C@@](C)(CCn1cnc2cc(Br)c(F)cc2c1=O)S(C)(=O)=O. The van der Waals surface area contributed by atoms with Gasteiger partial charge in [-0.05, 0) is 48.3 Å². The van der Waals surface area contributed by atoms with Crippen LogP contribution in [0.5, 0.6) is 0 Å². The van der Waals surface area contributed by atoms with E-state index in [-0.39, 0.29) is 29.4 Å². The summed E-state index contributed by atoms with van der Waals surface area (Å²) in [5.74, 6) is -1.49. The predicted octanol–water partition coefficient (Wildman–Crippen LogP) is 2.05. The minimum atomic E-state index is -3.80. The van der Waals surface area contributed by atoms with Gasteiger partial charge in [-0.15, -0.1) is 0 Å². The van der Waals surface area contributed by atoms with E-state index in [9.17, 15) is 22.4 Å². The molecule has 142 valence electrons. The van der Waals surface area contributed by atoms with E-state index in [2.05, 4.69) is 20.9 Å². The number of ether oxygens (including phenoxy) is 1. The summed E-state index contributed by atoms with van der Waals surface area (Å²) in [6, 6.07) is 2.45. The first-order valence-corrected chi connectivity index (χ1v) is 10.4. The highest BCUT2D eigenvalue weighted by molar-refractivity contribution is 9.10. The van der Waals surface area contributed by atoms with E-state index < -0.39 is 31.9 Å². The summed E-state index contributed by atoms with van der Waals surface area (Å²) in [5, 5.41) is 0.0605. The van der Waals surface area contributed by atoms with Gasteiger partial charge in [0.25, 0.3) is 5.56 Å². The molecule has 26 heavy (non-hydrogen) atoms. The molecule has 1 atom stereocenters. The smallest absolute Gasteiger partial charge is 0.327 e. The van der Waals surface area contributed by atoms with Crippen LogP contribution in [0.3, 0.4) is 0 Å². The molecule has 0 aliphatic rings. The molecule has 0 N–H and O–H groups in total. The minimum Gasteiger partial charge on any atom is -0.465 e. The standard InChI is InChI=1S/C16H18BrFN2O5S/c1-4-25-15(22)16(2,26(3,23)24)5-6-20-9-19-13-8-11(17)12(18)7-10(13)14(20)21/h7-9H,4-6H2,1-3H3/t16-/m1/s1. The second-order valence-corrected chi connectivity index (χ2v) is 9.30. The monoisotopic (exact) mass is 448 g/mol. The number of aryl methyl sites for hydroxylation is 1. The van der Waals surface area contributed by atoms with Crippen LogP contribution in [-0.2, 0) is 25.9 Å². The van der Waals surface area contributed by atoms with Crippen molar-refractivity contribution in [3.8, 4) is 0 Å². The summed E-state index contributed by atoms with van der Waals surface area (Å²) in [4.78, 5) is 28.8. The van der Waals surface area contributed by atoms with Crippen molar-refractivity contribution in [3.05, 3.63) is 39.1 Å². The number of halogens is 2. The quantitative estimate of drug-likeness (QED) is 0.627. The number of esters is 1. The summed E-state index contributed by atoms with van der Waals surface area (Å²) in [6.07, 6.45) is 2.00. The first kappa shape index (κ1) is 20.5. The minimum absolute atomic E-state index is 0.0373. The zero-order valence-electron chi connectivity index (χ0n) is 14.5. The molecule has 0 bridgehead atoms. The van der Waals surface area contributed by atoms with Crippen molar-refractivity contribution in [2.45, 2.75) is 31.6 Å². The lowest BCUT2D eigenvalue weighted by Crippen LogP contribution is -2.45. The van der Waals surface area contributed by atoms with Gasteiger partial charge in [-0.1, -0.05) is 0 Å². The van der Waals surface area contributed by atoms with Crippen molar-refractivity contribution < 1.29 is 22.3 Å². The number of hydrogen-bond donors (Lipinski definition) is 0. The van der Waals surface area contributed by atoms with Crippen LogP contribution in [-0.4, -0.2) is 41.5 Å². The molecule has 0 aliphatic heterocycles. The molecule has 1 heterocycles. The summed E-state index contributed by atoms with van der Waals surface area (Å²) in [5.41, 5.74) is -0.225. The Bertz CT molecular complexity index is 1020. The normalized spacial score (nSPS) is 14.2. The molecule has 1 aromatic heterocycles. The summed E-state index contributed by atoms with van der Waals surface area (Å²) >= 11 is 3.03. The number of nitrogens with zero attached hydrogens (tertiary/aromatic N) is 2. The number of sulfone groups is 1. The zero-order chi connectivity index (χ0) is 19.7. The van der Waals surface area contributed by atoms with Crippen LogP contribution in [0.25, 0.3) is 10.9 Å². The summed E-state index contributed by atoms with van der Waals surface area (Å²) in [6.45, 7) is 2.78. The van der Waals surface area contributed by atoms with E-state index in [0.717, 1.165) is 16.9 Å². The lowest BCUT2D eigenvalue weighted by atomic mass is 10.1. The lowest BCUT2D eigenvalue weighted by Gasteiger charge is -2.25. The maximum absolute atomic E-state index is 13.7. The van der Waals surface area contributed by atoms with Crippen LogP contribution in [0.15, 0.2) is 27.7 Å². The predicted molar refractivity (Wildman–Crippen MR) is 98.2 cm³/mol. The Balaban J connectivity index is 2.41. The molecule has 0 amide bonds. The fourth-order valence-electron chi connectivity index (χ4n) is 2.37. The highest BCUT2D eigenvalue weighted by Gasteiger charge is 2.44. The van der Waals surface area contributed by atoms with Crippen LogP contribution in [0.1, 0.15) is 20.3 Å². The van der Waals surface area contributed by atoms with Crippen LogP contribution >= 0.6 is 15.9 Å². The number of carbonyl (C=O) groups is 1. The van der Waals surface area contributed by atoms with E-state index in [1.165, 1.54) is 19.3 Å². The van der Waals surface area contributed by atoms with Crippen LogP contribution in [0, 0.1) is 5.82 Å². The van der Waals surface area contributed by atoms with E-state index in [0.29, 0.717) is 5.52 Å².